The van der Waals surface area contributed by atoms with Crippen molar-refractivity contribution in [2.24, 2.45) is 0 Å². The Morgan fingerprint density at radius 3 is 2.22 bits per heavy atom. The van der Waals surface area contributed by atoms with E-state index in [4.69, 9.17) is 9.47 Å². The Hall–Kier alpha value is -4.06. The molecule has 3 aromatic rings. The second-order valence-electron chi connectivity index (χ2n) is 9.92. The first-order valence-electron chi connectivity index (χ1n) is 11.8. The molecule has 6 heteroatoms. The van der Waals surface area contributed by atoms with Crippen molar-refractivity contribution in [2.45, 2.75) is 39.2 Å². The minimum atomic E-state index is -0.832. The molecule has 0 bridgehead atoms. The number of carbonyl (C=O) groups excluding carboxylic acids is 2. The van der Waals surface area contributed by atoms with Crippen LogP contribution in [-0.4, -0.2) is 31.0 Å². The first-order chi connectivity index (χ1) is 17.1. The van der Waals surface area contributed by atoms with E-state index in [0.717, 1.165) is 11.1 Å². The number of ether oxygens (including phenoxy) is 2. The van der Waals surface area contributed by atoms with Crippen LogP contribution in [0.4, 0.5) is 5.69 Å². The molecule has 3 aromatic carbocycles. The number of hydrogen-bond donors (Lipinski definition) is 1. The van der Waals surface area contributed by atoms with Gasteiger partial charge in [-0.3, -0.25) is 14.5 Å². The number of methoxy groups -OCH3 is 2. The molecule has 0 spiro atoms. The van der Waals surface area contributed by atoms with Crippen molar-refractivity contribution in [2.75, 3.05) is 19.1 Å². The quantitative estimate of drug-likeness (QED) is 0.275. The van der Waals surface area contributed by atoms with Gasteiger partial charge in [-0.2, -0.15) is 0 Å². The van der Waals surface area contributed by atoms with Crippen LogP contribution in [0.1, 0.15) is 49.1 Å². The van der Waals surface area contributed by atoms with Gasteiger partial charge >= 0.3 is 0 Å². The molecule has 0 aromatic heterocycles. The van der Waals surface area contributed by atoms with Crippen LogP contribution in [0.25, 0.3) is 5.76 Å². The van der Waals surface area contributed by atoms with E-state index < -0.39 is 17.7 Å². The summed E-state index contributed by atoms with van der Waals surface area (Å²) < 4.78 is 11.0. The van der Waals surface area contributed by atoms with Gasteiger partial charge in [-0.15, -0.1) is 0 Å². The SMILES string of the molecule is COc1ccccc1N1C(=O)C(=O)/C(=C(\O)c2ccc(OC)c(C(C)(C)C)c2)C1c1cccc(C)c1. The summed E-state index contributed by atoms with van der Waals surface area (Å²) in [6, 6.07) is 19.1. The summed E-state index contributed by atoms with van der Waals surface area (Å²) in [7, 11) is 3.11. The molecule has 6 nitrogen and oxygen atoms in total. The van der Waals surface area contributed by atoms with Gasteiger partial charge in [-0.1, -0.05) is 62.7 Å². The molecule has 1 N–H and O–H groups in total. The topological polar surface area (TPSA) is 76.1 Å². The van der Waals surface area contributed by atoms with Crippen LogP contribution in [0.15, 0.2) is 72.3 Å². The number of aryl methyl sites for hydroxylation is 1. The Kier molecular flexibility index (Phi) is 6.63. The third-order valence-electron chi connectivity index (χ3n) is 6.43. The van der Waals surface area contributed by atoms with Gasteiger partial charge in [0.05, 0.1) is 31.5 Å². The molecule has 0 aliphatic carbocycles. The molecule has 1 fully saturated rings. The predicted molar refractivity (Wildman–Crippen MR) is 141 cm³/mol. The fourth-order valence-electron chi connectivity index (χ4n) is 4.66. The number of anilines is 1. The van der Waals surface area contributed by atoms with Crippen LogP contribution >= 0.6 is 0 Å². The summed E-state index contributed by atoms with van der Waals surface area (Å²) in [4.78, 5) is 28.4. The zero-order valence-electron chi connectivity index (χ0n) is 21.5. The Balaban J connectivity index is 1.99. The van der Waals surface area contributed by atoms with E-state index in [1.54, 1.807) is 43.5 Å². The number of Topliss-reactive ketones (excluding diaryl/α,β-unsaturated/α-hetero) is 1. The molecule has 1 unspecified atom stereocenters. The van der Waals surface area contributed by atoms with Crippen LogP contribution in [0.2, 0.25) is 0 Å². The number of amides is 1. The number of aliphatic hydroxyl groups is 1. The van der Waals surface area contributed by atoms with Crippen molar-refractivity contribution in [1.82, 2.24) is 0 Å². The van der Waals surface area contributed by atoms with Crippen LogP contribution in [-0.2, 0) is 15.0 Å². The lowest BCUT2D eigenvalue weighted by molar-refractivity contribution is -0.132. The molecule has 186 valence electrons. The number of hydrogen-bond acceptors (Lipinski definition) is 5. The van der Waals surface area contributed by atoms with Gasteiger partial charge in [0.25, 0.3) is 11.7 Å². The van der Waals surface area contributed by atoms with E-state index in [1.165, 1.54) is 12.0 Å². The average Bonchev–Trinajstić information content (AvgIpc) is 3.12. The van der Waals surface area contributed by atoms with E-state index in [-0.39, 0.29) is 16.7 Å². The van der Waals surface area contributed by atoms with Crippen LogP contribution in [0.5, 0.6) is 11.5 Å². The normalized spacial score (nSPS) is 17.4. The van der Waals surface area contributed by atoms with Crippen LogP contribution in [0, 0.1) is 6.92 Å². The molecular weight excluding hydrogens is 454 g/mol. The van der Waals surface area contributed by atoms with E-state index in [0.29, 0.717) is 28.3 Å². The fourth-order valence-corrected chi connectivity index (χ4v) is 4.66. The minimum absolute atomic E-state index is 0.0292. The molecule has 1 heterocycles. The average molecular weight is 486 g/mol. The maximum Gasteiger partial charge on any atom is 0.300 e. The predicted octanol–water partition coefficient (Wildman–Crippen LogP) is 5.94. The summed E-state index contributed by atoms with van der Waals surface area (Å²) in [5.74, 6) is -0.569. The Morgan fingerprint density at radius 1 is 0.889 bits per heavy atom. The summed E-state index contributed by atoms with van der Waals surface area (Å²) in [5.41, 5.74) is 3.21. The lowest BCUT2D eigenvalue weighted by Crippen LogP contribution is -2.29. The number of para-hydroxylation sites is 2. The number of rotatable bonds is 5. The van der Waals surface area contributed by atoms with Crippen LogP contribution < -0.4 is 14.4 Å². The first-order valence-corrected chi connectivity index (χ1v) is 11.8. The summed E-state index contributed by atoms with van der Waals surface area (Å²) in [6.07, 6.45) is 0. The molecule has 1 saturated heterocycles. The Morgan fingerprint density at radius 2 is 1.58 bits per heavy atom. The van der Waals surface area contributed by atoms with Gasteiger partial charge in [0.1, 0.15) is 17.3 Å². The zero-order chi connectivity index (χ0) is 26.2. The number of benzene rings is 3. The third kappa shape index (κ3) is 4.35. The van der Waals surface area contributed by atoms with Crippen molar-refractivity contribution in [3.05, 3.63) is 94.6 Å². The Labute approximate surface area is 211 Å². The zero-order valence-corrected chi connectivity index (χ0v) is 21.5. The molecule has 0 saturated carbocycles. The maximum absolute atomic E-state index is 13.5. The molecule has 1 amide bonds. The highest BCUT2D eigenvalue weighted by Crippen LogP contribution is 2.45. The minimum Gasteiger partial charge on any atom is -0.507 e. The molecule has 0 radical (unpaired) electrons. The van der Waals surface area contributed by atoms with E-state index in [9.17, 15) is 14.7 Å². The monoisotopic (exact) mass is 485 g/mol. The van der Waals surface area contributed by atoms with Crippen molar-refractivity contribution >= 4 is 23.1 Å². The number of nitrogens with zero attached hydrogens (tertiary/aromatic N) is 1. The van der Waals surface area contributed by atoms with Crippen molar-refractivity contribution in [3.8, 4) is 11.5 Å². The van der Waals surface area contributed by atoms with E-state index >= 15 is 0 Å². The summed E-state index contributed by atoms with van der Waals surface area (Å²) >= 11 is 0. The first kappa shape index (κ1) is 25.0. The standard InChI is InChI=1S/C30H31NO5/c1-18-10-9-11-19(16-18)26-25(27(32)20-14-15-23(35-5)21(17-20)30(2,3)4)28(33)29(34)31(26)22-12-7-8-13-24(22)36-6/h7-17,26,32H,1-6H3/b27-25-. The maximum atomic E-state index is 13.5. The fraction of sp³-hybridized carbons (Fsp3) is 0.267. The van der Waals surface area contributed by atoms with Gasteiger partial charge in [0, 0.05) is 11.1 Å². The highest BCUT2D eigenvalue weighted by molar-refractivity contribution is 6.52. The molecular formula is C30H31NO5. The molecule has 1 aliphatic rings. The number of ketones is 1. The molecule has 4 rings (SSSR count). The second kappa shape index (κ2) is 9.53. The summed E-state index contributed by atoms with van der Waals surface area (Å²) in [5, 5.41) is 11.6. The third-order valence-corrected chi connectivity index (χ3v) is 6.43. The van der Waals surface area contributed by atoms with Gasteiger partial charge < -0.3 is 14.6 Å². The van der Waals surface area contributed by atoms with E-state index in [2.05, 4.69) is 0 Å². The van der Waals surface area contributed by atoms with E-state index in [1.807, 2.05) is 58.0 Å². The Bertz CT molecular complexity index is 1370. The molecule has 36 heavy (non-hydrogen) atoms. The molecule has 1 aliphatic heterocycles. The van der Waals surface area contributed by atoms with Crippen molar-refractivity contribution in [3.63, 3.8) is 0 Å². The van der Waals surface area contributed by atoms with Crippen LogP contribution in [0.3, 0.4) is 0 Å². The van der Waals surface area contributed by atoms with Crippen molar-refractivity contribution in [1.29, 1.82) is 0 Å². The largest absolute Gasteiger partial charge is 0.507 e. The smallest absolute Gasteiger partial charge is 0.300 e. The summed E-state index contributed by atoms with van der Waals surface area (Å²) in [6.45, 7) is 8.07. The lowest BCUT2D eigenvalue weighted by atomic mass is 9.84. The van der Waals surface area contributed by atoms with Gasteiger partial charge in [-0.25, -0.2) is 0 Å². The number of carbonyl (C=O) groups is 2. The highest BCUT2D eigenvalue weighted by Gasteiger charge is 2.47. The molecule has 1 atom stereocenters. The number of aliphatic hydroxyl groups excluding tert-OH is 1. The lowest BCUT2D eigenvalue weighted by Gasteiger charge is -2.27. The van der Waals surface area contributed by atoms with Gasteiger partial charge in [0.2, 0.25) is 0 Å². The van der Waals surface area contributed by atoms with Crippen molar-refractivity contribution < 1.29 is 24.2 Å². The second-order valence-corrected chi connectivity index (χ2v) is 9.92. The highest BCUT2D eigenvalue weighted by atomic mass is 16.5. The van der Waals surface area contributed by atoms with Gasteiger partial charge in [-0.05, 0) is 48.2 Å². The van der Waals surface area contributed by atoms with Gasteiger partial charge in [0.15, 0.2) is 0 Å².